The van der Waals surface area contributed by atoms with Crippen LogP contribution in [-0.2, 0) is 11.3 Å². The normalized spacial score (nSPS) is 13.6. The molecule has 1 aromatic carbocycles. The van der Waals surface area contributed by atoms with E-state index < -0.39 is 11.8 Å². The first-order valence-electron chi connectivity index (χ1n) is 11.8. The summed E-state index contributed by atoms with van der Waals surface area (Å²) in [6.45, 7) is 10.5. The van der Waals surface area contributed by atoms with Gasteiger partial charge in [-0.3, -0.25) is 0 Å². The predicted octanol–water partition coefficient (Wildman–Crippen LogP) is 6.88. The molecule has 3 aromatic rings. The Kier molecular flexibility index (Phi) is 7.10. The molecule has 2 heterocycles. The number of hydrogen-bond acceptors (Lipinski definition) is 4. The number of allylic oxidation sites excluding steroid dienone is 2. The van der Waals surface area contributed by atoms with E-state index in [1.165, 1.54) is 19.2 Å². The zero-order valence-electron chi connectivity index (χ0n) is 19.9. The van der Waals surface area contributed by atoms with Gasteiger partial charge in [-0.05, 0) is 51.0 Å². The van der Waals surface area contributed by atoms with Gasteiger partial charge in [0, 0.05) is 24.2 Å². The van der Waals surface area contributed by atoms with Crippen LogP contribution in [0, 0.1) is 5.82 Å². The summed E-state index contributed by atoms with van der Waals surface area (Å²) in [6.07, 6.45) is 12.0. The molecule has 7 heteroatoms. The third-order valence-electron chi connectivity index (χ3n) is 6.11. The Bertz CT molecular complexity index is 1260. The summed E-state index contributed by atoms with van der Waals surface area (Å²) in [7, 11) is 1.24. The van der Waals surface area contributed by atoms with Crippen LogP contribution in [0.15, 0.2) is 41.9 Å². The summed E-state index contributed by atoms with van der Waals surface area (Å²) in [5.41, 5.74) is 3.02. The molecule has 0 saturated heterocycles. The largest absolute Gasteiger partial charge is 0.465 e. The van der Waals surface area contributed by atoms with Crippen LogP contribution in [0.25, 0.3) is 28.6 Å². The number of aromatic nitrogens is 3. The molecule has 1 saturated carbocycles. The fourth-order valence-corrected chi connectivity index (χ4v) is 4.31. The van der Waals surface area contributed by atoms with Gasteiger partial charge in [0.2, 0.25) is 0 Å². The second kappa shape index (κ2) is 10.2. The molecule has 2 aromatic heterocycles. The van der Waals surface area contributed by atoms with Crippen molar-refractivity contribution in [2.75, 3.05) is 7.11 Å². The summed E-state index contributed by atoms with van der Waals surface area (Å²) in [4.78, 5) is 21.3. The van der Waals surface area contributed by atoms with Crippen molar-refractivity contribution in [3.63, 3.8) is 0 Å². The summed E-state index contributed by atoms with van der Waals surface area (Å²) < 4.78 is 23.8. The molecule has 1 aliphatic rings. The van der Waals surface area contributed by atoms with Gasteiger partial charge in [0.1, 0.15) is 11.6 Å². The number of nitrogens with zero attached hydrogens (tertiary/aromatic N) is 4. The first-order chi connectivity index (χ1) is 16.5. The van der Waals surface area contributed by atoms with Crippen molar-refractivity contribution >= 4 is 35.6 Å². The lowest BCUT2D eigenvalue weighted by atomic mass is 10.2. The van der Waals surface area contributed by atoms with E-state index in [0.717, 1.165) is 68.0 Å². The molecule has 1 fully saturated rings. The van der Waals surface area contributed by atoms with Crippen LogP contribution in [0.3, 0.4) is 0 Å². The van der Waals surface area contributed by atoms with Gasteiger partial charge in [0.25, 0.3) is 0 Å². The van der Waals surface area contributed by atoms with E-state index in [0.29, 0.717) is 11.0 Å². The standard InChI is InChI=1S/C27H31FN4O2/c1-5-7-9-11-18-15-24(31(25(18)29-3)14-10-8-6-2)26-30-22-16-20(27(33)34-4)21(28)17-23(22)32(26)19-12-13-19/h6,9,11,15-17,19H,2-3,5,7-8,10,12-14H2,1,4H3/b11-9-. The Morgan fingerprint density at radius 2 is 2.12 bits per heavy atom. The second-order valence-corrected chi connectivity index (χ2v) is 8.59. The minimum absolute atomic E-state index is 0.111. The maximum absolute atomic E-state index is 14.8. The molecule has 0 amide bonds. The molecular formula is C27H31FN4O2. The van der Waals surface area contributed by atoms with Gasteiger partial charge in [0.05, 0.1) is 29.4 Å². The second-order valence-electron chi connectivity index (χ2n) is 8.59. The van der Waals surface area contributed by atoms with Crippen LogP contribution in [0.2, 0.25) is 0 Å². The van der Waals surface area contributed by atoms with Gasteiger partial charge in [-0.25, -0.2) is 19.2 Å². The number of ether oxygens (including phenoxy) is 1. The maximum atomic E-state index is 14.8. The fourth-order valence-electron chi connectivity index (χ4n) is 4.31. The van der Waals surface area contributed by atoms with Crippen molar-refractivity contribution in [3.05, 3.63) is 53.9 Å². The minimum atomic E-state index is -0.712. The number of fused-ring (bicyclic) bond motifs is 1. The molecule has 34 heavy (non-hydrogen) atoms. The lowest BCUT2D eigenvalue weighted by Crippen LogP contribution is -2.05. The third-order valence-corrected chi connectivity index (χ3v) is 6.11. The number of halogens is 1. The number of imidazole rings is 1. The Hall–Kier alpha value is -3.48. The zero-order valence-corrected chi connectivity index (χ0v) is 19.9. The summed E-state index contributed by atoms with van der Waals surface area (Å²) in [5.74, 6) is 0.224. The highest BCUT2D eigenvalue weighted by Crippen LogP contribution is 2.43. The number of benzene rings is 1. The molecule has 0 bridgehead atoms. The number of carbonyl (C=O) groups excluding carboxylic acids is 1. The van der Waals surface area contributed by atoms with E-state index in [-0.39, 0.29) is 11.6 Å². The topological polar surface area (TPSA) is 61.4 Å². The molecule has 1 aliphatic carbocycles. The minimum Gasteiger partial charge on any atom is -0.465 e. The van der Waals surface area contributed by atoms with Crippen LogP contribution >= 0.6 is 0 Å². The summed E-state index contributed by atoms with van der Waals surface area (Å²) in [5, 5.41) is 0. The van der Waals surface area contributed by atoms with Crippen molar-refractivity contribution in [1.29, 1.82) is 0 Å². The van der Waals surface area contributed by atoms with Crippen molar-refractivity contribution in [3.8, 4) is 11.5 Å². The highest BCUT2D eigenvalue weighted by Gasteiger charge is 2.31. The first kappa shape index (κ1) is 23.7. The van der Waals surface area contributed by atoms with Gasteiger partial charge in [-0.1, -0.05) is 31.6 Å². The zero-order chi connectivity index (χ0) is 24.2. The number of esters is 1. The summed E-state index contributed by atoms with van der Waals surface area (Å²) >= 11 is 0. The number of unbranched alkanes of at least 4 members (excludes halogenated alkanes) is 2. The van der Waals surface area contributed by atoms with E-state index >= 15 is 0 Å². The SMILES string of the molecule is C=CCCCn1c(-c2nc3cc(C(=O)OC)c(F)cc3n2C2CC2)cc(/C=C\CCC)c1N=C. The Morgan fingerprint density at radius 1 is 1.32 bits per heavy atom. The monoisotopic (exact) mass is 462 g/mol. The lowest BCUT2D eigenvalue weighted by Gasteiger charge is -2.13. The molecule has 0 unspecified atom stereocenters. The molecule has 0 atom stereocenters. The van der Waals surface area contributed by atoms with Crippen molar-refractivity contribution < 1.29 is 13.9 Å². The molecule has 4 rings (SSSR count). The first-order valence-corrected chi connectivity index (χ1v) is 11.8. The molecule has 0 aliphatic heterocycles. The van der Waals surface area contributed by atoms with E-state index in [1.54, 1.807) is 0 Å². The molecular weight excluding hydrogens is 431 g/mol. The fraction of sp³-hybridized carbons (Fsp3) is 0.370. The van der Waals surface area contributed by atoms with Crippen LogP contribution < -0.4 is 0 Å². The van der Waals surface area contributed by atoms with Crippen molar-refractivity contribution in [2.45, 2.75) is 58.0 Å². The van der Waals surface area contributed by atoms with Gasteiger partial charge >= 0.3 is 5.97 Å². The van der Waals surface area contributed by atoms with Crippen molar-refractivity contribution in [2.24, 2.45) is 4.99 Å². The Balaban J connectivity index is 1.93. The lowest BCUT2D eigenvalue weighted by molar-refractivity contribution is 0.0595. The highest BCUT2D eigenvalue weighted by molar-refractivity contribution is 5.95. The van der Waals surface area contributed by atoms with E-state index in [2.05, 4.69) is 52.6 Å². The molecule has 6 nitrogen and oxygen atoms in total. The third kappa shape index (κ3) is 4.47. The number of rotatable bonds is 11. The van der Waals surface area contributed by atoms with Gasteiger partial charge < -0.3 is 13.9 Å². The molecule has 178 valence electrons. The quantitative estimate of drug-likeness (QED) is 0.135. The molecule has 0 N–H and O–H groups in total. The smallest absolute Gasteiger partial charge is 0.340 e. The number of hydrogen-bond donors (Lipinski definition) is 0. The Labute approximate surface area is 199 Å². The maximum Gasteiger partial charge on any atom is 0.340 e. The predicted molar refractivity (Wildman–Crippen MR) is 135 cm³/mol. The van der Waals surface area contributed by atoms with Gasteiger partial charge in [-0.2, -0.15) is 0 Å². The number of carbonyl (C=O) groups is 1. The Morgan fingerprint density at radius 3 is 2.76 bits per heavy atom. The van der Waals surface area contributed by atoms with Gasteiger partial charge in [0.15, 0.2) is 5.82 Å². The molecule has 0 spiro atoms. The van der Waals surface area contributed by atoms with Crippen molar-refractivity contribution in [1.82, 2.24) is 14.1 Å². The van der Waals surface area contributed by atoms with E-state index in [9.17, 15) is 9.18 Å². The average Bonchev–Trinajstić information content (AvgIpc) is 3.52. The van der Waals surface area contributed by atoms with Crippen LogP contribution in [0.1, 0.15) is 67.4 Å². The van der Waals surface area contributed by atoms with E-state index in [4.69, 9.17) is 9.72 Å². The number of methoxy groups -OCH3 is 1. The number of aliphatic imine (C=N–C) groups is 1. The van der Waals surface area contributed by atoms with Crippen LogP contribution in [0.5, 0.6) is 0 Å². The van der Waals surface area contributed by atoms with Crippen LogP contribution in [-0.4, -0.2) is 33.9 Å². The van der Waals surface area contributed by atoms with E-state index in [1.807, 2.05) is 6.08 Å². The van der Waals surface area contributed by atoms with Gasteiger partial charge in [-0.15, -0.1) is 6.58 Å². The molecule has 0 radical (unpaired) electrons. The van der Waals surface area contributed by atoms with Crippen LogP contribution in [0.4, 0.5) is 10.2 Å². The average molecular weight is 463 g/mol. The highest BCUT2D eigenvalue weighted by atomic mass is 19.1. The summed E-state index contributed by atoms with van der Waals surface area (Å²) in [6, 6.07) is 5.22.